The molecule has 0 saturated heterocycles. The fraction of sp³-hybridized carbons (Fsp3) is 0.0435. The van der Waals surface area contributed by atoms with Crippen molar-refractivity contribution in [3.63, 3.8) is 0 Å². The maximum absolute atomic E-state index is 3.70. The minimum absolute atomic E-state index is 0.0433. The van der Waals surface area contributed by atoms with E-state index in [0.29, 0.717) is 0 Å². The average molecular weight is 465 g/mol. The lowest BCUT2D eigenvalue weighted by atomic mass is 9.91. The number of benzene rings is 3. The van der Waals surface area contributed by atoms with Crippen LogP contribution in [0.3, 0.4) is 0 Å². The second-order valence-electron chi connectivity index (χ2n) is 6.00. The lowest BCUT2D eigenvalue weighted by Crippen LogP contribution is -1.99. The SMILES string of the molecule is Brc1ccccc1C(C#Cc1ccccc1)c1c[nH]c2cccc(Br)c12. The van der Waals surface area contributed by atoms with E-state index in [1.807, 2.05) is 42.5 Å². The lowest BCUT2D eigenvalue weighted by Gasteiger charge is -2.13. The molecule has 1 unspecified atom stereocenters. The zero-order valence-corrected chi connectivity index (χ0v) is 17.0. The summed E-state index contributed by atoms with van der Waals surface area (Å²) in [6, 6.07) is 24.6. The van der Waals surface area contributed by atoms with Crippen LogP contribution in [-0.4, -0.2) is 4.98 Å². The van der Waals surface area contributed by atoms with Gasteiger partial charge in [0.1, 0.15) is 0 Å². The Labute approximate surface area is 169 Å². The normalized spacial score (nSPS) is 11.8. The number of hydrogen-bond donors (Lipinski definition) is 1. The van der Waals surface area contributed by atoms with Gasteiger partial charge in [-0.05, 0) is 41.5 Å². The summed E-state index contributed by atoms with van der Waals surface area (Å²) in [4.78, 5) is 3.38. The summed E-state index contributed by atoms with van der Waals surface area (Å²) in [5.74, 6) is 6.79. The average Bonchev–Trinajstić information content (AvgIpc) is 3.10. The van der Waals surface area contributed by atoms with Gasteiger partial charge in [0, 0.05) is 31.6 Å². The van der Waals surface area contributed by atoms with E-state index in [2.05, 4.69) is 85.2 Å². The molecule has 0 saturated carbocycles. The Morgan fingerprint density at radius 3 is 2.27 bits per heavy atom. The number of aromatic amines is 1. The van der Waals surface area contributed by atoms with E-state index >= 15 is 0 Å². The molecule has 0 amide bonds. The van der Waals surface area contributed by atoms with Crippen LogP contribution in [0.4, 0.5) is 0 Å². The van der Waals surface area contributed by atoms with Crippen molar-refractivity contribution in [1.29, 1.82) is 0 Å². The molecule has 1 nitrogen and oxygen atoms in total. The van der Waals surface area contributed by atoms with Crippen LogP contribution < -0.4 is 0 Å². The third-order valence-corrected chi connectivity index (χ3v) is 5.73. The maximum atomic E-state index is 3.70. The van der Waals surface area contributed by atoms with Crippen LogP contribution in [-0.2, 0) is 0 Å². The van der Waals surface area contributed by atoms with Gasteiger partial charge < -0.3 is 4.98 Å². The van der Waals surface area contributed by atoms with Crippen molar-refractivity contribution in [3.8, 4) is 11.8 Å². The van der Waals surface area contributed by atoms with Crippen LogP contribution >= 0.6 is 31.9 Å². The molecule has 0 spiro atoms. The predicted molar refractivity (Wildman–Crippen MR) is 115 cm³/mol. The van der Waals surface area contributed by atoms with E-state index in [-0.39, 0.29) is 5.92 Å². The van der Waals surface area contributed by atoms with E-state index < -0.39 is 0 Å². The van der Waals surface area contributed by atoms with E-state index in [9.17, 15) is 0 Å². The molecule has 0 bridgehead atoms. The largest absolute Gasteiger partial charge is 0.361 e. The van der Waals surface area contributed by atoms with Crippen LogP contribution in [0.25, 0.3) is 10.9 Å². The number of rotatable bonds is 2. The van der Waals surface area contributed by atoms with Gasteiger partial charge in [-0.1, -0.05) is 86.2 Å². The molecule has 0 aliphatic rings. The molecule has 1 heterocycles. The minimum Gasteiger partial charge on any atom is -0.361 e. The van der Waals surface area contributed by atoms with Gasteiger partial charge >= 0.3 is 0 Å². The molecule has 0 aliphatic heterocycles. The Morgan fingerprint density at radius 2 is 1.46 bits per heavy atom. The molecule has 126 valence electrons. The Bertz CT molecular complexity index is 1120. The van der Waals surface area contributed by atoms with Gasteiger partial charge in [-0.2, -0.15) is 0 Å². The third kappa shape index (κ3) is 3.35. The van der Waals surface area contributed by atoms with Crippen molar-refractivity contribution in [3.05, 3.63) is 105 Å². The van der Waals surface area contributed by atoms with Gasteiger partial charge in [0.15, 0.2) is 0 Å². The lowest BCUT2D eigenvalue weighted by molar-refractivity contribution is 1.06. The topological polar surface area (TPSA) is 15.8 Å². The number of hydrogen-bond acceptors (Lipinski definition) is 0. The zero-order chi connectivity index (χ0) is 17.9. The summed E-state index contributed by atoms with van der Waals surface area (Å²) in [6.45, 7) is 0. The molecule has 3 heteroatoms. The van der Waals surface area contributed by atoms with E-state index in [1.165, 1.54) is 10.9 Å². The summed E-state index contributed by atoms with van der Waals surface area (Å²) in [7, 11) is 0. The van der Waals surface area contributed by atoms with Crippen LogP contribution in [0.1, 0.15) is 22.6 Å². The Hall–Kier alpha value is -2.28. The van der Waals surface area contributed by atoms with Crippen LogP contribution in [0.5, 0.6) is 0 Å². The van der Waals surface area contributed by atoms with Gasteiger partial charge in [-0.15, -0.1) is 0 Å². The molecular formula is C23H15Br2N. The highest BCUT2D eigenvalue weighted by Crippen LogP contribution is 2.37. The predicted octanol–water partition coefficient (Wildman–Crippen LogP) is 6.88. The van der Waals surface area contributed by atoms with Gasteiger partial charge in [-0.25, -0.2) is 0 Å². The zero-order valence-electron chi connectivity index (χ0n) is 13.8. The summed E-state index contributed by atoms with van der Waals surface area (Å²) in [5, 5.41) is 1.18. The summed E-state index contributed by atoms with van der Waals surface area (Å²) >= 11 is 7.40. The first-order chi connectivity index (χ1) is 12.7. The van der Waals surface area contributed by atoms with E-state index in [4.69, 9.17) is 0 Å². The van der Waals surface area contributed by atoms with Crippen molar-refractivity contribution in [2.75, 3.05) is 0 Å². The van der Waals surface area contributed by atoms with Crippen molar-refractivity contribution in [2.24, 2.45) is 0 Å². The quantitative estimate of drug-likeness (QED) is 0.311. The first kappa shape index (κ1) is 17.1. The Balaban J connectivity index is 1.91. The number of fused-ring (bicyclic) bond motifs is 1. The van der Waals surface area contributed by atoms with Gasteiger partial charge in [0.2, 0.25) is 0 Å². The fourth-order valence-corrected chi connectivity index (χ4v) is 4.21. The molecule has 0 radical (unpaired) electrons. The summed E-state index contributed by atoms with van der Waals surface area (Å²) in [5.41, 5.74) is 4.45. The molecule has 0 fully saturated rings. The van der Waals surface area contributed by atoms with E-state index in [1.54, 1.807) is 0 Å². The highest BCUT2D eigenvalue weighted by molar-refractivity contribution is 9.11. The molecule has 1 atom stereocenters. The van der Waals surface area contributed by atoms with Crippen molar-refractivity contribution < 1.29 is 0 Å². The first-order valence-electron chi connectivity index (χ1n) is 8.30. The van der Waals surface area contributed by atoms with Crippen molar-refractivity contribution >= 4 is 42.8 Å². The molecule has 0 aliphatic carbocycles. The Kier molecular flexibility index (Phi) is 4.97. The maximum Gasteiger partial charge on any atom is 0.0737 e. The molecule has 1 aromatic heterocycles. The number of halogens is 2. The summed E-state index contributed by atoms with van der Waals surface area (Å²) < 4.78 is 2.14. The second kappa shape index (κ2) is 7.53. The van der Waals surface area contributed by atoms with Gasteiger partial charge in [-0.3, -0.25) is 0 Å². The summed E-state index contributed by atoms with van der Waals surface area (Å²) in [6.07, 6.45) is 2.07. The van der Waals surface area contributed by atoms with Gasteiger partial charge in [0.25, 0.3) is 0 Å². The van der Waals surface area contributed by atoms with Gasteiger partial charge in [0.05, 0.1) is 5.92 Å². The second-order valence-corrected chi connectivity index (χ2v) is 7.70. The molecule has 3 aromatic carbocycles. The standard InChI is InChI=1S/C23H15Br2N/c24-20-10-5-4-9-18(20)17(14-13-16-7-2-1-3-8-16)19-15-26-22-12-6-11-21(25)23(19)22/h1-12,15,17,26H. The monoisotopic (exact) mass is 463 g/mol. The van der Waals surface area contributed by atoms with E-state index in [0.717, 1.165) is 25.6 Å². The molecule has 4 rings (SSSR count). The van der Waals surface area contributed by atoms with Crippen molar-refractivity contribution in [1.82, 2.24) is 4.98 Å². The minimum atomic E-state index is -0.0433. The Morgan fingerprint density at radius 1 is 0.731 bits per heavy atom. The fourth-order valence-electron chi connectivity index (χ4n) is 3.10. The first-order valence-corrected chi connectivity index (χ1v) is 9.89. The number of H-pyrrole nitrogens is 1. The number of nitrogens with one attached hydrogen (secondary N) is 1. The molecule has 26 heavy (non-hydrogen) atoms. The van der Waals surface area contributed by atoms with Crippen molar-refractivity contribution in [2.45, 2.75) is 5.92 Å². The highest BCUT2D eigenvalue weighted by Gasteiger charge is 2.19. The molecule has 4 aromatic rings. The van der Waals surface area contributed by atoms with Crippen LogP contribution in [0.15, 0.2) is 87.9 Å². The van der Waals surface area contributed by atoms with Crippen LogP contribution in [0.2, 0.25) is 0 Å². The van der Waals surface area contributed by atoms with Crippen LogP contribution in [0, 0.1) is 11.8 Å². The third-order valence-electron chi connectivity index (χ3n) is 4.35. The number of aromatic nitrogens is 1. The molecule has 1 N–H and O–H groups in total. The highest BCUT2D eigenvalue weighted by atomic mass is 79.9. The smallest absolute Gasteiger partial charge is 0.0737 e. The molecular weight excluding hydrogens is 450 g/mol.